The molecule has 1 aromatic heterocycles. The fourth-order valence-corrected chi connectivity index (χ4v) is 1.97. The zero-order valence-corrected chi connectivity index (χ0v) is 11.2. The van der Waals surface area contributed by atoms with E-state index < -0.39 is 0 Å². The van der Waals surface area contributed by atoms with Crippen molar-refractivity contribution in [3.63, 3.8) is 0 Å². The van der Waals surface area contributed by atoms with E-state index in [1.165, 1.54) is 4.90 Å². The summed E-state index contributed by atoms with van der Waals surface area (Å²) in [5, 5.41) is 9.91. The Morgan fingerprint density at radius 2 is 2.37 bits per heavy atom. The fourth-order valence-electron chi connectivity index (χ4n) is 1.97. The lowest BCUT2D eigenvalue weighted by Gasteiger charge is -2.22. The molecular weight excluding hydrogens is 246 g/mol. The molecular formula is C12H19N5O2. The van der Waals surface area contributed by atoms with Gasteiger partial charge < -0.3 is 10.6 Å². The van der Waals surface area contributed by atoms with Crippen LogP contribution in [0.3, 0.4) is 0 Å². The second-order valence-electron chi connectivity index (χ2n) is 4.67. The molecule has 1 fully saturated rings. The molecule has 0 radical (unpaired) electrons. The van der Waals surface area contributed by atoms with E-state index in [4.69, 9.17) is 0 Å². The molecule has 2 rings (SSSR count). The van der Waals surface area contributed by atoms with Crippen molar-refractivity contribution in [2.45, 2.75) is 25.9 Å². The molecule has 7 nitrogen and oxygen atoms in total. The number of imide groups is 1. The summed E-state index contributed by atoms with van der Waals surface area (Å²) in [6.07, 6.45) is 3.61. The molecule has 2 N–H and O–H groups in total. The van der Waals surface area contributed by atoms with Gasteiger partial charge in [-0.15, -0.1) is 0 Å². The van der Waals surface area contributed by atoms with Crippen molar-refractivity contribution in [3.05, 3.63) is 18.5 Å². The Bertz CT molecular complexity index is 445. The zero-order valence-electron chi connectivity index (χ0n) is 11.2. The maximum absolute atomic E-state index is 11.8. The van der Waals surface area contributed by atoms with E-state index in [1.807, 2.05) is 30.8 Å². The maximum Gasteiger partial charge on any atom is 0.324 e. The lowest BCUT2D eigenvalue weighted by Crippen LogP contribution is -2.44. The summed E-state index contributed by atoms with van der Waals surface area (Å²) < 4.78 is 1.84. The summed E-state index contributed by atoms with van der Waals surface area (Å²) in [6.45, 7) is 5.15. The molecule has 1 aliphatic heterocycles. The average molecular weight is 265 g/mol. The lowest BCUT2D eigenvalue weighted by molar-refractivity contribution is -0.126. The van der Waals surface area contributed by atoms with Gasteiger partial charge in [-0.05, 0) is 19.9 Å². The largest absolute Gasteiger partial charge is 0.336 e. The van der Waals surface area contributed by atoms with Crippen LogP contribution in [0.4, 0.5) is 4.79 Å². The second-order valence-corrected chi connectivity index (χ2v) is 4.67. The molecule has 2 atom stereocenters. The molecule has 2 heterocycles. The minimum Gasteiger partial charge on any atom is -0.336 e. The Morgan fingerprint density at radius 1 is 1.58 bits per heavy atom. The standard InChI is InChI=1S/C12H19N5O2/c1-9(10(2)17-6-3-4-15-17)14-8-11(18)16-7-5-13-12(16)19/h3-4,6,9-10,14H,5,7-8H2,1-2H3,(H,13,19). The molecule has 0 saturated carbocycles. The smallest absolute Gasteiger partial charge is 0.324 e. The summed E-state index contributed by atoms with van der Waals surface area (Å²) in [5.41, 5.74) is 0. The highest BCUT2D eigenvalue weighted by atomic mass is 16.2. The SMILES string of the molecule is CC(NCC(=O)N1CCNC1=O)C(C)n1cccn1. The maximum atomic E-state index is 11.8. The zero-order chi connectivity index (χ0) is 13.8. The van der Waals surface area contributed by atoms with Crippen molar-refractivity contribution in [2.75, 3.05) is 19.6 Å². The number of hydrogen-bond acceptors (Lipinski definition) is 4. The number of urea groups is 1. The molecule has 1 aliphatic rings. The number of carbonyl (C=O) groups excluding carboxylic acids is 2. The fraction of sp³-hybridized carbons (Fsp3) is 0.583. The molecule has 0 aromatic carbocycles. The van der Waals surface area contributed by atoms with Gasteiger partial charge in [-0.3, -0.25) is 14.4 Å². The van der Waals surface area contributed by atoms with Crippen molar-refractivity contribution < 1.29 is 9.59 Å². The van der Waals surface area contributed by atoms with Crippen molar-refractivity contribution in [3.8, 4) is 0 Å². The first-order valence-corrected chi connectivity index (χ1v) is 6.40. The number of nitrogens with one attached hydrogen (secondary N) is 2. The van der Waals surface area contributed by atoms with E-state index in [1.54, 1.807) is 6.20 Å². The summed E-state index contributed by atoms with van der Waals surface area (Å²) in [6, 6.07) is 1.77. The van der Waals surface area contributed by atoms with Crippen LogP contribution in [0.15, 0.2) is 18.5 Å². The highest BCUT2D eigenvalue weighted by Crippen LogP contribution is 2.08. The number of rotatable bonds is 5. The molecule has 19 heavy (non-hydrogen) atoms. The van der Waals surface area contributed by atoms with Crippen molar-refractivity contribution in [1.82, 2.24) is 25.3 Å². The monoisotopic (exact) mass is 265 g/mol. The number of nitrogens with zero attached hydrogens (tertiary/aromatic N) is 3. The summed E-state index contributed by atoms with van der Waals surface area (Å²) >= 11 is 0. The van der Waals surface area contributed by atoms with Gasteiger partial charge in [-0.2, -0.15) is 5.10 Å². The Hall–Kier alpha value is -1.89. The third kappa shape index (κ3) is 3.11. The van der Waals surface area contributed by atoms with E-state index in [0.29, 0.717) is 13.1 Å². The summed E-state index contributed by atoms with van der Waals surface area (Å²) in [4.78, 5) is 24.4. The molecule has 1 aromatic rings. The minimum atomic E-state index is -0.306. The predicted octanol–water partition coefficient (Wildman–Crippen LogP) is -0.0260. The number of aromatic nitrogens is 2. The van der Waals surface area contributed by atoms with E-state index >= 15 is 0 Å². The molecule has 0 bridgehead atoms. The first-order chi connectivity index (χ1) is 9.09. The van der Waals surface area contributed by atoms with E-state index in [0.717, 1.165) is 0 Å². The molecule has 2 unspecified atom stereocenters. The van der Waals surface area contributed by atoms with Gasteiger partial charge in [0.2, 0.25) is 5.91 Å². The predicted molar refractivity (Wildman–Crippen MR) is 69.5 cm³/mol. The summed E-state index contributed by atoms with van der Waals surface area (Å²) in [5.74, 6) is -0.200. The first-order valence-electron chi connectivity index (χ1n) is 6.40. The minimum absolute atomic E-state index is 0.0783. The van der Waals surface area contributed by atoms with Crippen molar-refractivity contribution >= 4 is 11.9 Å². The molecule has 0 aliphatic carbocycles. The Balaban J connectivity index is 1.81. The van der Waals surface area contributed by atoms with Gasteiger partial charge in [0, 0.05) is 31.5 Å². The van der Waals surface area contributed by atoms with Gasteiger partial charge in [0.05, 0.1) is 12.6 Å². The quantitative estimate of drug-likeness (QED) is 0.784. The van der Waals surface area contributed by atoms with Crippen LogP contribution < -0.4 is 10.6 Å². The van der Waals surface area contributed by atoms with Gasteiger partial charge in [-0.25, -0.2) is 4.79 Å². The molecule has 3 amide bonds. The second kappa shape index (κ2) is 5.83. The normalized spacial score (nSPS) is 18.2. The van der Waals surface area contributed by atoms with E-state index in [9.17, 15) is 9.59 Å². The van der Waals surface area contributed by atoms with Crippen LogP contribution in [0.25, 0.3) is 0 Å². The Morgan fingerprint density at radius 3 is 2.95 bits per heavy atom. The Kier molecular flexibility index (Phi) is 4.16. The molecule has 7 heteroatoms. The van der Waals surface area contributed by atoms with Crippen LogP contribution >= 0.6 is 0 Å². The van der Waals surface area contributed by atoms with E-state index in [-0.39, 0.29) is 30.6 Å². The van der Waals surface area contributed by atoms with E-state index in [2.05, 4.69) is 15.7 Å². The third-order valence-corrected chi connectivity index (χ3v) is 3.40. The van der Waals surface area contributed by atoms with Crippen molar-refractivity contribution in [1.29, 1.82) is 0 Å². The topological polar surface area (TPSA) is 79.3 Å². The van der Waals surface area contributed by atoms with Crippen LogP contribution in [0, 0.1) is 0 Å². The van der Waals surface area contributed by atoms with Gasteiger partial charge in [0.25, 0.3) is 0 Å². The van der Waals surface area contributed by atoms with Gasteiger partial charge in [0.15, 0.2) is 0 Å². The number of amides is 3. The van der Waals surface area contributed by atoms with Crippen LogP contribution in [0.2, 0.25) is 0 Å². The average Bonchev–Trinajstić information content (AvgIpc) is 3.05. The van der Waals surface area contributed by atoms with Crippen LogP contribution in [-0.4, -0.2) is 52.3 Å². The lowest BCUT2D eigenvalue weighted by atomic mass is 10.2. The molecule has 1 saturated heterocycles. The highest BCUT2D eigenvalue weighted by molar-refractivity contribution is 5.96. The molecule has 104 valence electrons. The highest BCUT2D eigenvalue weighted by Gasteiger charge is 2.26. The number of hydrogen-bond donors (Lipinski definition) is 2. The first kappa shape index (κ1) is 13.5. The van der Waals surface area contributed by atoms with Gasteiger partial charge in [0.1, 0.15) is 0 Å². The van der Waals surface area contributed by atoms with Crippen LogP contribution in [0.5, 0.6) is 0 Å². The summed E-state index contributed by atoms with van der Waals surface area (Å²) in [7, 11) is 0. The Labute approximate surface area is 111 Å². The van der Waals surface area contributed by atoms with Crippen LogP contribution in [-0.2, 0) is 4.79 Å². The van der Waals surface area contributed by atoms with Crippen molar-refractivity contribution in [2.24, 2.45) is 0 Å². The van der Waals surface area contributed by atoms with Gasteiger partial charge in [-0.1, -0.05) is 0 Å². The third-order valence-electron chi connectivity index (χ3n) is 3.40. The number of carbonyl (C=O) groups is 2. The molecule has 0 spiro atoms. The van der Waals surface area contributed by atoms with Gasteiger partial charge >= 0.3 is 6.03 Å². The van der Waals surface area contributed by atoms with Crippen LogP contribution in [0.1, 0.15) is 19.9 Å².